The van der Waals surface area contributed by atoms with Crippen LogP contribution in [0.4, 0.5) is 5.69 Å². The summed E-state index contributed by atoms with van der Waals surface area (Å²) >= 11 is 0. The highest BCUT2D eigenvalue weighted by atomic mass is 16.5. The monoisotopic (exact) mass is 249 g/mol. The fraction of sp³-hybridized carbons (Fsp3) is 0.500. The van der Waals surface area contributed by atoms with Crippen LogP contribution in [0.1, 0.15) is 31.2 Å². The number of methoxy groups -OCH3 is 1. The van der Waals surface area contributed by atoms with Crippen molar-refractivity contribution in [1.29, 1.82) is 0 Å². The third kappa shape index (κ3) is 2.48. The van der Waals surface area contributed by atoms with Gasteiger partial charge in [0.1, 0.15) is 11.4 Å². The van der Waals surface area contributed by atoms with Gasteiger partial charge >= 0.3 is 0 Å². The van der Waals surface area contributed by atoms with E-state index >= 15 is 0 Å². The Morgan fingerprint density at radius 3 is 2.67 bits per heavy atom. The topological polar surface area (TPSA) is 58.6 Å². The van der Waals surface area contributed by atoms with E-state index in [4.69, 9.17) is 4.74 Å². The van der Waals surface area contributed by atoms with Crippen LogP contribution >= 0.6 is 0 Å². The maximum atomic E-state index is 12.1. The summed E-state index contributed by atoms with van der Waals surface area (Å²) in [6.45, 7) is 1.91. The molecule has 1 aromatic rings. The quantitative estimate of drug-likeness (QED) is 0.863. The van der Waals surface area contributed by atoms with Crippen molar-refractivity contribution in [3.8, 4) is 5.75 Å². The lowest BCUT2D eigenvalue weighted by atomic mass is 10.0. The van der Waals surface area contributed by atoms with Crippen LogP contribution in [0, 0.1) is 6.92 Å². The van der Waals surface area contributed by atoms with Gasteiger partial charge in [-0.2, -0.15) is 0 Å². The van der Waals surface area contributed by atoms with E-state index in [0.717, 1.165) is 18.4 Å². The lowest BCUT2D eigenvalue weighted by molar-refractivity contribution is -0.133. The van der Waals surface area contributed by atoms with Gasteiger partial charge in [-0.15, -0.1) is 0 Å². The number of aryl methyl sites for hydroxylation is 1. The van der Waals surface area contributed by atoms with E-state index in [2.05, 4.69) is 5.32 Å². The molecule has 0 spiro atoms. The van der Waals surface area contributed by atoms with Crippen molar-refractivity contribution in [2.24, 2.45) is 0 Å². The van der Waals surface area contributed by atoms with Gasteiger partial charge in [0.25, 0.3) is 5.91 Å². The number of hydrogen-bond acceptors (Lipinski definition) is 3. The van der Waals surface area contributed by atoms with Crippen LogP contribution < -0.4 is 10.1 Å². The second-order valence-corrected chi connectivity index (χ2v) is 4.87. The van der Waals surface area contributed by atoms with Gasteiger partial charge in [-0.25, -0.2) is 0 Å². The van der Waals surface area contributed by atoms with Gasteiger partial charge in [0.15, 0.2) is 0 Å². The summed E-state index contributed by atoms with van der Waals surface area (Å²) < 4.78 is 5.13. The molecule has 18 heavy (non-hydrogen) atoms. The third-order valence-corrected chi connectivity index (χ3v) is 3.55. The second-order valence-electron chi connectivity index (χ2n) is 4.87. The van der Waals surface area contributed by atoms with E-state index in [1.165, 1.54) is 0 Å². The Kier molecular flexibility index (Phi) is 3.57. The molecule has 0 aliphatic heterocycles. The number of amides is 1. The fourth-order valence-corrected chi connectivity index (χ4v) is 2.29. The van der Waals surface area contributed by atoms with Gasteiger partial charge in [-0.05, 0) is 44.2 Å². The van der Waals surface area contributed by atoms with Crippen molar-refractivity contribution in [3.05, 3.63) is 23.8 Å². The molecule has 0 heterocycles. The normalized spacial score (nSPS) is 17.5. The first-order valence-electron chi connectivity index (χ1n) is 6.24. The van der Waals surface area contributed by atoms with Crippen LogP contribution in [0.3, 0.4) is 0 Å². The number of benzene rings is 1. The molecule has 0 atom stereocenters. The van der Waals surface area contributed by atoms with E-state index in [9.17, 15) is 9.90 Å². The van der Waals surface area contributed by atoms with Gasteiger partial charge in [-0.1, -0.05) is 6.07 Å². The average Bonchev–Trinajstić information content (AvgIpc) is 2.80. The molecule has 0 bridgehead atoms. The molecule has 1 amide bonds. The molecule has 0 unspecified atom stereocenters. The van der Waals surface area contributed by atoms with Crippen LogP contribution in [0.2, 0.25) is 0 Å². The molecule has 0 saturated heterocycles. The average molecular weight is 249 g/mol. The molecule has 2 N–H and O–H groups in total. The van der Waals surface area contributed by atoms with Crippen molar-refractivity contribution in [3.63, 3.8) is 0 Å². The molecule has 4 nitrogen and oxygen atoms in total. The summed E-state index contributed by atoms with van der Waals surface area (Å²) in [5, 5.41) is 13.0. The number of ether oxygens (including phenoxy) is 1. The summed E-state index contributed by atoms with van der Waals surface area (Å²) in [4.78, 5) is 12.1. The summed E-state index contributed by atoms with van der Waals surface area (Å²) in [6, 6.07) is 5.49. The zero-order valence-corrected chi connectivity index (χ0v) is 10.8. The summed E-state index contributed by atoms with van der Waals surface area (Å²) in [5.41, 5.74) is 0.445. The molecule has 98 valence electrons. The number of carbonyl (C=O) groups is 1. The summed E-state index contributed by atoms with van der Waals surface area (Å²) in [7, 11) is 1.58. The Hall–Kier alpha value is -1.55. The highest BCUT2D eigenvalue weighted by Crippen LogP contribution is 2.31. The lowest BCUT2D eigenvalue weighted by Gasteiger charge is -2.21. The third-order valence-electron chi connectivity index (χ3n) is 3.55. The van der Waals surface area contributed by atoms with Crippen LogP contribution in [0.5, 0.6) is 5.75 Å². The Labute approximate surface area is 107 Å². The fourth-order valence-electron chi connectivity index (χ4n) is 2.29. The summed E-state index contributed by atoms with van der Waals surface area (Å²) in [6.07, 6.45) is 2.89. The van der Waals surface area contributed by atoms with Gasteiger partial charge in [0, 0.05) is 11.8 Å². The van der Waals surface area contributed by atoms with Crippen molar-refractivity contribution in [1.82, 2.24) is 0 Å². The largest absolute Gasteiger partial charge is 0.497 e. The second kappa shape index (κ2) is 4.98. The maximum absolute atomic E-state index is 12.1. The first-order valence-corrected chi connectivity index (χ1v) is 6.24. The van der Waals surface area contributed by atoms with Crippen LogP contribution in [0.15, 0.2) is 18.2 Å². The molecule has 4 heteroatoms. The number of carbonyl (C=O) groups excluding carboxylic acids is 1. The molecule has 1 aromatic carbocycles. The molecular weight excluding hydrogens is 230 g/mol. The Bertz CT molecular complexity index is 450. The van der Waals surface area contributed by atoms with Gasteiger partial charge in [0.2, 0.25) is 0 Å². The molecular formula is C14H19NO3. The van der Waals surface area contributed by atoms with E-state index in [1.54, 1.807) is 13.2 Å². The Balaban J connectivity index is 2.16. The number of rotatable bonds is 3. The van der Waals surface area contributed by atoms with Crippen LogP contribution in [-0.4, -0.2) is 23.7 Å². The van der Waals surface area contributed by atoms with Crippen molar-refractivity contribution in [2.75, 3.05) is 12.4 Å². The Morgan fingerprint density at radius 1 is 1.39 bits per heavy atom. The number of hydrogen-bond donors (Lipinski definition) is 2. The van der Waals surface area contributed by atoms with E-state index in [1.807, 2.05) is 19.1 Å². The van der Waals surface area contributed by atoms with E-state index < -0.39 is 5.60 Å². The number of anilines is 1. The maximum Gasteiger partial charge on any atom is 0.256 e. The Morgan fingerprint density at radius 2 is 2.06 bits per heavy atom. The van der Waals surface area contributed by atoms with E-state index in [0.29, 0.717) is 24.3 Å². The number of aliphatic hydroxyl groups is 1. The predicted octanol–water partition coefficient (Wildman–Crippen LogP) is 2.25. The zero-order valence-electron chi connectivity index (χ0n) is 10.8. The first-order chi connectivity index (χ1) is 8.55. The molecule has 2 rings (SSSR count). The standard InChI is InChI=1S/C14H19NO3/c1-10-5-6-11(18-2)9-12(10)15-13(16)14(17)7-3-4-8-14/h5-6,9,17H,3-4,7-8H2,1-2H3,(H,15,16). The van der Waals surface area contributed by atoms with E-state index in [-0.39, 0.29) is 5.91 Å². The highest BCUT2D eigenvalue weighted by molar-refractivity contribution is 5.98. The molecule has 0 aromatic heterocycles. The molecule has 1 aliphatic carbocycles. The molecule has 1 aliphatic rings. The van der Waals surface area contributed by atoms with Crippen LogP contribution in [-0.2, 0) is 4.79 Å². The predicted molar refractivity (Wildman–Crippen MR) is 69.8 cm³/mol. The highest BCUT2D eigenvalue weighted by Gasteiger charge is 2.38. The molecule has 1 fully saturated rings. The van der Waals surface area contributed by atoms with Crippen molar-refractivity contribution >= 4 is 11.6 Å². The zero-order chi connectivity index (χ0) is 13.2. The number of nitrogens with one attached hydrogen (secondary N) is 1. The van der Waals surface area contributed by atoms with Gasteiger partial charge < -0.3 is 15.2 Å². The minimum absolute atomic E-state index is 0.309. The minimum atomic E-state index is -1.20. The van der Waals surface area contributed by atoms with Crippen molar-refractivity contribution in [2.45, 2.75) is 38.2 Å². The lowest BCUT2D eigenvalue weighted by Crippen LogP contribution is -2.40. The molecule has 0 radical (unpaired) electrons. The van der Waals surface area contributed by atoms with Crippen molar-refractivity contribution < 1.29 is 14.6 Å². The smallest absolute Gasteiger partial charge is 0.256 e. The van der Waals surface area contributed by atoms with Gasteiger partial charge in [0.05, 0.1) is 7.11 Å². The van der Waals surface area contributed by atoms with Crippen LogP contribution in [0.25, 0.3) is 0 Å². The molecule has 1 saturated carbocycles. The first kappa shape index (κ1) is 12.9. The minimum Gasteiger partial charge on any atom is -0.497 e. The SMILES string of the molecule is COc1ccc(C)c(NC(=O)C2(O)CCCC2)c1. The van der Waals surface area contributed by atoms with Gasteiger partial charge in [-0.3, -0.25) is 4.79 Å². The summed E-state index contributed by atoms with van der Waals surface area (Å²) in [5.74, 6) is 0.380.